The monoisotopic (exact) mass is 378 g/mol. The summed E-state index contributed by atoms with van der Waals surface area (Å²) >= 11 is 0. The molecule has 0 saturated heterocycles. The Balaban J connectivity index is 1.92. The van der Waals surface area contributed by atoms with E-state index in [1.54, 1.807) is 12.1 Å². The van der Waals surface area contributed by atoms with Crippen molar-refractivity contribution >= 4 is 0 Å². The molecule has 3 aromatic carbocycles. The van der Waals surface area contributed by atoms with Crippen LogP contribution in [0.4, 0.5) is 8.78 Å². The number of aryl methyl sites for hydroxylation is 1. The molecule has 3 heteroatoms. The Labute approximate surface area is 164 Å². The van der Waals surface area contributed by atoms with Crippen molar-refractivity contribution in [3.63, 3.8) is 0 Å². The van der Waals surface area contributed by atoms with Crippen molar-refractivity contribution in [3.8, 4) is 5.75 Å². The van der Waals surface area contributed by atoms with Crippen molar-refractivity contribution in [2.45, 2.75) is 44.4 Å². The molecule has 0 saturated carbocycles. The van der Waals surface area contributed by atoms with Crippen LogP contribution in [0.15, 0.2) is 60.7 Å². The van der Waals surface area contributed by atoms with Gasteiger partial charge in [0.2, 0.25) is 0 Å². The molecule has 28 heavy (non-hydrogen) atoms. The number of benzene rings is 3. The van der Waals surface area contributed by atoms with Crippen molar-refractivity contribution in [1.82, 2.24) is 0 Å². The third-order valence-corrected chi connectivity index (χ3v) is 5.90. The Morgan fingerprint density at radius 1 is 0.929 bits per heavy atom. The molecule has 0 radical (unpaired) electrons. The van der Waals surface area contributed by atoms with Crippen LogP contribution in [-0.4, -0.2) is 5.11 Å². The van der Waals surface area contributed by atoms with E-state index in [9.17, 15) is 5.11 Å². The van der Waals surface area contributed by atoms with Crippen LogP contribution < -0.4 is 0 Å². The highest BCUT2D eigenvalue weighted by molar-refractivity contribution is 5.48. The molecule has 1 N–H and O–H groups in total. The molecule has 4 rings (SSSR count). The maximum atomic E-state index is 15.2. The predicted molar refractivity (Wildman–Crippen MR) is 108 cm³/mol. The number of hydrogen-bond acceptors (Lipinski definition) is 1. The van der Waals surface area contributed by atoms with E-state index in [0.29, 0.717) is 5.56 Å². The van der Waals surface area contributed by atoms with Gasteiger partial charge >= 0.3 is 0 Å². The minimum Gasteiger partial charge on any atom is -0.508 e. The number of halogens is 2. The third kappa shape index (κ3) is 3.30. The van der Waals surface area contributed by atoms with E-state index < -0.39 is 17.6 Å². The van der Waals surface area contributed by atoms with Gasteiger partial charge in [0.1, 0.15) is 17.4 Å². The van der Waals surface area contributed by atoms with Crippen molar-refractivity contribution in [2.24, 2.45) is 0 Å². The fourth-order valence-electron chi connectivity index (χ4n) is 4.46. The summed E-state index contributed by atoms with van der Waals surface area (Å²) in [7, 11) is 0. The molecule has 1 nitrogen and oxygen atoms in total. The summed E-state index contributed by atoms with van der Waals surface area (Å²) in [4.78, 5) is 0. The Morgan fingerprint density at radius 3 is 2.25 bits per heavy atom. The average molecular weight is 378 g/mol. The molecular formula is C25H24F2O. The van der Waals surface area contributed by atoms with E-state index >= 15 is 8.78 Å². The Morgan fingerprint density at radius 2 is 1.61 bits per heavy atom. The van der Waals surface area contributed by atoms with Gasteiger partial charge in [-0.15, -0.1) is 0 Å². The van der Waals surface area contributed by atoms with Crippen molar-refractivity contribution < 1.29 is 13.9 Å². The molecule has 0 heterocycles. The van der Waals surface area contributed by atoms with Gasteiger partial charge in [-0.25, -0.2) is 8.78 Å². The number of aromatic hydroxyl groups is 1. The SMILES string of the molecule is CC(C)c1cc(F)c([C@@H]2c3ccc(O)cc3CC[C@@H]2c2ccccc2)c(F)c1. The van der Waals surface area contributed by atoms with E-state index in [4.69, 9.17) is 0 Å². The molecule has 0 amide bonds. The normalized spacial score (nSPS) is 18.9. The summed E-state index contributed by atoms with van der Waals surface area (Å²) in [6.45, 7) is 3.86. The smallest absolute Gasteiger partial charge is 0.130 e. The summed E-state index contributed by atoms with van der Waals surface area (Å²) in [5.41, 5.74) is 3.73. The zero-order valence-electron chi connectivity index (χ0n) is 16.1. The van der Waals surface area contributed by atoms with E-state index in [0.717, 1.165) is 29.5 Å². The zero-order valence-corrected chi connectivity index (χ0v) is 16.1. The molecule has 0 aliphatic heterocycles. The molecular weight excluding hydrogens is 354 g/mol. The molecule has 144 valence electrons. The van der Waals surface area contributed by atoms with Gasteiger partial charge in [-0.05, 0) is 71.2 Å². The highest BCUT2D eigenvalue weighted by Gasteiger charge is 2.35. The summed E-state index contributed by atoms with van der Waals surface area (Å²) < 4.78 is 30.5. The van der Waals surface area contributed by atoms with Crippen molar-refractivity contribution in [1.29, 1.82) is 0 Å². The second kappa shape index (κ2) is 7.38. The van der Waals surface area contributed by atoms with Gasteiger partial charge in [-0.1, -0.05) is 50.2 Å². The van der Waals surface area contributed by atoms with Crippen LogP contribution in [0, 0.1) is 11.6 Å². The van der Waals surface area contributed by atoms with Crippen LogP contribution in [0.25, 0.3) is 0 Å². The molecule has 0 unspecified atom stereocenters. The largest absolute Gasteiger partial charge is 0.508 e. The number of fused-ring (bicyclic) bond motifs is 1. The quantitative estimate of drug-likeness (QED) is 0.540. The van der Waals surface area contributed by atoms with Gasteiger partial charge in [0.15, 0.2) is 0 Å². The summed E-state index contributed by atoms with van der Waals surface area (Å²) in [5, 5.41) is 9.89. The average Bonchev–Trinajstić information content (AvgIpc) is 2.67. The topological polar surface area (TPSA) is 20.2 Å². The van der Waals surface area contributed by atoms with E-state index in [-0.39, 0.29) is 23.1 Å². The van der Waals surface area contributed by atoms with Gasteiger partial charge in [0.25, 0.3) is 0 Å². The molecule has 1 aliphatic rings. The second-order valence-electron chi connectivity index (χ2n) is 7.97. The predicted octanol–water partition coefficient (Wildman–Crippen LogP) is 6.66. The summed E-state index contributed by atoms with van der Waals surface area (Å²) in [5.74, 6) is -1.18. The summed E-state index contributed by atoms with van der Waals surface area (Å²) in [6.07, 6.45) is 1.54. The minimum absolute atomic E-state index is 0.0212. The van der Waals surface area contributed by atoms with E-state index in [1.807, 2.05) is 50.2 Å². The Hall–Kier alpha value is -2.68. The maximum Gasteiger partial charge on any atom is 0.130 e. The number of phenols is 1. The van der Waals surface area contributed by atoms with Gasteiger partial charge in [-0.2, -0.15) is 0 Å². The standard InChI is InChI=1S/C25H24F2O/c1-15(2)18-13-22(26)25(23(27)14-18)24-20(16-6-4-3-5-7-16)10-8-17-12-19(28)9-11-21(17)24/h3-7,9,11-15,20,24,28H,8,10H2,1-2H3/t20-,24+/m1/s1. The molecule has 2 atom stereocenters. The van der Waals surface area contributed by atoms with Crippen LogP contribution >= 0.6 is 0 Å². The minimum atomic E-state index is -0.490. The first-order valence-electron chi connectivity index (χ1n) is 9.81. The molecule has 0 bridgehead atoms. The number of hydrogen-bond donors (Lipinski definition) is 1. The third-order valence-electron chi connectivity index (χ3n) is 5.90. The summed E-state index contributed by atoms with van der Waals surface area (Å²) in [6, 6.07) is 18.0. The molecule has 3 aromatic rings. The van der Waals surface area contributed by atoms with E-state index in [2.05, 4.69) is 0 Å². The molecule has 1 aliphatic carbocycles. The lowest BCUT2D eigenvalue weighted by molar-refractivity contribution is 0.458. The lowest BCUT2D eigenvalue weighted by atomic mass is 9.69. The van der Waals surface area contributed by atoms with Crippen LogP contribution in [-0.2, 0) is 6.42 Å². The fourth-order valence-corrected chi connectivity index (χ4v) is 4.46. The van der Waals surface area contributed by atoms with Crippen LogP contribution in [0.2, 0.25) is 0 Å². The molecule has 0 fully saturated rings. The first-order chi connectivity index (χ1) is 13.5. The van der Waals surface area contributed by atoms with Crippen LogP contribution in [0.5, 0.6) is 5.75 Å². The van der Waals surface area contributed by atoms with Crippen molar-refractivity contribution in [2.75, 3.05) is 0 Å². The van der Waals surface area contributed by atoms with Gasteiger partial charge in [0.05, 0.1) is 0 Å². The first-order valence-corrected chi connectivity index (χ1v) is 9.81. The van der Waals surface area contributed by atoms with E-state index in [1.165, 1.54) is 12.1 Å². The van der Waals surface area contributed by atoms with Gasteiger partial charge < -0.3 is 5.11 Å². The number of rotatable bonds is 3. The highest BCUT2D eigenvalue weighted by Crippen LogP contribution is 2.48. The van der Waals surface area contributed by atoms with Crippen LogP contribution in [0.3, 0.4) is 0 Å². The van der Waals surface area contributed by atoms with Gasteiger partial charge in [0, 0.05) is 11.5 Å². The van der Waals surface area contributed by atoms with Crippen LogP contribution in [0.1, 0.15) is 65.8 Å². The molecule has 0 aromatic heterocycles. The maximum absolute atomic E-state index is 15.2. The molecule has 0 spiro atoms. The second-order valence-corrected chi connectivity index (χ2v) is 7.97. The zero-order chi connectivity index (χ0) is 19.8. The lowest BCUT2D eigenvalue weighted by Gasteiger charge is -2.35. The fraction of sp³-hybridized carbons (Fsp3) is 0.280. The Kier molecular flexibility index (Phi) is 4.92. The van der Waals surface area contributed by atoms with Gasteiger partial charge in [-0.3, -0.25) is 0 Å². The highest BCUT2D eigenvalue weighted by atomic mass is 19.1. The Bertz CT molecular complexity index is 972. The number of phenolic OH excluding ortho intramolecular Hbond substituents is 1. The van der Waals surface area contributed by atoms with Crippen molar-refractivity contribution in [3.05, 3.63) is 100 Å². The lowest BCUT2D eigenvalue weighted by Crippen LogP contribution is -2.22. The first kappa shape index (κ1) is 18.7.